The predicted octanol–water partition coefficient (Wildman–Crippen LogP) is 1.49. The molecule has 0 aliphatic carbocycles. The molecule has 0 fully saturated rings. The van der Waals surface area contributed by atoms with Crippen molar-refractivity contribution in [1.29, 1.82) is 0 Å². The molecule has 0 N–H and O–H groups in total. The first-order chi connectivity index (χ1) is 10.4. The number of nitrogens with zero attached hydrogens (tertiary/aromatic N) is 3. The highest BCUT2D eigenvalue weighted by atomic mass is 32.2. The number of para-hydroxylation sites is 1. The highest BCUT2D eigenvalue weighted by Gasteiger charge is 2.35. The molecule has 1 aliphatic rings. The summed E-state index contributed by atoms with van der Waals surface area (Å²) in [6.07, 6.45) is 1.97. The van der Waals surface area contributed by atoms with Gasteiger partial charge in [0.25, 0.3) is 10.0 Å². The van der Waals surface area contributed by atoms with E-state index in [9.17, 15) is 8.42 Å². The van der Waals surface area contributed by atoms with Crippen LogP contribution in [0.15, 0.2) is 35.4 Å². The summed E-state index contributed by atoms with van der Waals surface area (Å²) in [4.78, 5) is 0.238. The Morgan fingerprint density at radius 1 is 1.32 bits per heavy atom. The molecule has 7 heteroatoms. The molecular weight excluding hydrogens is 302 g/mol. The van der Waals surface area contributed by atoms with E-state index in [1.54, 1.807) is 25.8 Å². The molecule has 6 nitrogen and oxygen atoms in total. The molecule has 118 valence electrons. The van der Waals surface area contributed by atoms with Gasteiger partial charge in [0.05, 0.1) is 30.2 Å². The van der Waals surface area contributed by atoms with Crippen molar-refractivity contribution in [1.82, 2.24) is 9.78 Å². The van der Waals surface area contributed by atoms with E-state index in [0.29, 0.717) is 18.7 Å². The van der Waals surface area contributed by atoms with E-state index in [2.05, 4.69) is 5.10 Å². The number of aromatic nitrogens is 2. The van der Waals surface area contributed by atoms with Crippen molar-refractivity contribution < 1.29 is 13.2 Å². The Balaban J connectivity index is 2.12. The van der Waals surface area contributed by atoms with Crippen molar-refractivity contribution in [2.24, 2.45) is 7.05 Å². The van der Waals surface area contributed by atoms with E-state index < -0.39 is 10.0 Å². The van der Waals surface area contributed by atoms with E-state index in [-0.39, 0.29) is 11.0 Å². The van der Waals surface area contributed by atoms with Crippen molar-refractivity contribution in [2.45, 2.75) is 24.3 Å². The second-order valence-corrected chi connectivity index (χ2v) is 7.28. The number of methoxy groups -OCH3 is 1. The zero-order chi connectivity index (χ0) is 15.9. The van der Waals surface area contributed by atoms with Crippen molar-refractivity contribution in [3.8, 4) is 0 Å². The average Bonchev–Trinajstić information content (AvgIpc) is 2.86. The maximum atomic E-state index is 13.1. The van der Waals surface area contributed by atoms with Crippen LogP contribution in [-0.4, -0.2) is 38.0 Å². The lowest BCUT2D eigenvalue weighted by atomic mass is 10.0. The van der Waals surface area contributed by atoms with Gasteiger partial charge in [-0.05, 0) is 18.6 Å². The van der Waals surface area contributed by atoms with E-state index in [1.165, 1.54) is 10.5 Å². The topological polar surface area (TPSA) is 64.4 Å². The van der Waals surface area contributed by atoms with Crippen LogP contribution >= 0.6 is 0 Å². The van der Waals surface area contributed by atoms with Gasteiger partial charge in [-0.25, -0.2) is 8.42 Å². The van der Waals surface area contributed by atoms with Crippen molar-refractivity contribution >= 4 is 15.7 Å². The van der Waals surface area contributed by atoms with Gasteiger partial charge in [-0.2, -0.15) is 5.10 Å². The Bertz CT molecular complexity index is 798. The van der Waals surface area contributed by atoms with Crippen molar-refractivity contribution in [2.75, 3.05) is 18.0 Å². The Morgan fingerprint density at radius 3 is 2.68 bits per heavy atom. The molecule has 3 rings (SSSR count). The Kier molecular flexibility index (Phi) is 3.70. The monoisotopic (exact) mass is 321 g/mol. The maximum absolute atomic E-state index is 13.1. The van der Waals surface area contributed by atoms with Gasteiger partial charge in [-0.3, -0.25) is 8.99 Å². The third-order valence-corrected chi connectivity index (χ3v) is 6.05. The number of aryl methyl sites for hydroxylation is 1. The first kappa shape index (κ1) is 15.1. The Morgan fingerprint density at radius 2 is 2.05 bits per heavy atom. The largest absolute Gasteiger partial charge is 0.379 e. The highest BCUT2D eigenvalue weighted by Crippen LogP contribution is 2.33. The average molecular weight is 321 g/mol. The molecule has 0 radical (unpaired) electrons. The van der Waals surface area contributed by atoms with Crippen LogP contribution in [0.2, 0.25) is 0 Å². The smallest absolute Gasteiger partial charge is 0.267 e. The summed E-state index contributed by atoms with van der Waals surface area (Å²) in [6.45, 7) is 2.06. The lowest BCUT2D eigenvalue weighted by molar-refractivity contribution is 0.108. The van der Waals surface area contributed by atoms with Crippen LogP contribution in [0, 0.1) is 6.92 Å². The minimum Gasteiger partial charge on any atom is -0.379 e. The maximum Gasteiger partial charge on any atom is 0.267 e. The molecule has 1 aromatic heterocycles. The Hall–Kier alpha value is -1.86. The fourth-order valence-electron chi connectivity index (χ4n) is 2.76. The number of rotatable bonds is 3. The van der Waals surface area contributed by atoms with Gasteiger partial charge in [0.15, 0.2) is 0 Å². The fourth-order valence-corrected chi connectivity index (χ4v) is 4.48. The number of hydrogen-bond donors (Lipinski definition) is 0. The van der Waals surface area contributed by atoms with E-state index in [4.69, 9.17) is 4.74 Å². The second kappa shape index (κ2) is 5.40. The molecule has 1 aliphatic heterocycles. The van der Waals surface area contributed by atoms with Crippen molar-refractivity contribution in [3.05, 3.63) is 41.7 Å². The number of sulfonamides is 1. The minimum atomic E-state index is -3.66. The summed E-state index contributed by atoms with van der Waals surface area (Å²) in [5, 5.41) is 4.05. The third kappa shape index (κ3) is 2.30. The molecular formula is C15H19N3O3S. The fraction of sp³-hybridized carbons (Fsp3) is 0.400. The standard InChI is InChI=1S/C15H19N3O3S/c1-11-15(9-16-17(11)2)22(19,20)18-10-13(21-3)8-12-6-4-5-7-14(12)18/h4-7,9,13H,8,10H2,1-3H3/t13-/m1/s1. The van der Waals surface area contributed by atoms with Crippen LogP contribution in [0.4, 0.5) is 5.69 Å². The molecule has 1 aromatic carbocycles. The van der Waals surface area contributed by atoms with Gasteiger partial charge in [0.1, 0.15) is 4.90 Å². The number of fused-ring (bicyclic) bond motifs is 1. The third-order valence-electron chi connectivity index (χ3n) is 4.17. The summed E-state index contributed by atoms with van der Waals surface area (Å²) < 4.78 is 34.5. The van der Waals surface area contributed by atoms with Crippen molar-refractivity contribution in [3.63, 3.8) is 0 Å². The molecule has 0 saturated carbocycles. The van der Waals surface area contributed by atoms with E-state index >= 15 is 0 Å². The molecule has 22 heavy (non-hydrogen) atoms. The number of hydrogen-bond acceptors (Lipinski definition) is 4. The lowest BCUT2D eigenvalue weighted by Gasteiger charge is -2.34. The number of benzene rings is 1. The quantitative estimate of drug-likeness (QED) is 0.859. The zero-order valence-corrected chi connectivity index (χ0v) is 13.7. The molecule has 1 atom stereocenters. The molecule has 0 unspecified atom stereocenters. The first-order valence-electron chi connectivity index (χ1n) is 7.07. The molecule has 0 amide bonds. The van der Waals surface area contributed by atoms with Crippen LogP contribution in [0.5, 0.6) is 0 Å². The first-order valence-corrected chi connectivity index (χ1v) is 8.51. The molecule has 2 heterocycles. The molecule has 0 saturated heterocycles. The SMILES string of the molecule is CO[C@@H]1Cc2ccccc2N(S(=O)(=O)c2cnn(C)c2C)C1. The predicted molar refractivity (Wildman–Crippen MR) is 83.4 cm³/mol. The van der Waals surface area contributed by atoms with Crippen LogP contribution < -0.4 is 4.31 Å². The Labute approximate surface area is 130 Å². The van der Waals surface area contributed by atoms with Crippen LogP contribution in [-0.2, 0) is 28.2 Å². The van der Waals surface area contributed by atoms with Crippen LogP contribution in [0.1, 0.15) is 11.3 Å². The zero-order valence-electron chi connectivity index (χ0n) is 12.9. The summed E-state index contributed by atoms with van der Waals surface area (Å²) in [7, 11) is -0.316. The summed E-state index contributed by atoms with van der Waals surface area (Å²) in [5.41, 5.74) is 2.32. The number of ether oxygens (including phenoxy) is 1. The second-order valence-electron chi connectivity index (χ2n) is 5.44. The summed E-state index contributed by atoms with van der Waals surface area (Å²) in [6, 6.07) is 7.55. The lowest BCUT2D eigenvalue weighted by Crippen LogP contribution is -2.43. The van der Waals surface area contributed by atoms with E-state index in [1.807, 2.05) is 24.3 Å². The molecule has 2 aromatic rings. The van der Waals surface area contributed by atoms with E-state index in [0.717, 1.165) is 11.3 Å². The van der Waals surface area contributed by atoms with Gasteiger partial charge in [-0.15, -0.1) is 0 Å². The summed E-state index contributed by atoms with van der Waals surface area (Å²) in [5.74, 6) is 0. The number of anilines is 1. The highest BCUT2D eigenvalue weighted by molar-refractivity contribution is 7.92. The summed E-state index contributed by atoms with van der Waals surface area (Å²) >= 11 is 0. The van der Waals surface area contributed by atoms with Gasteiger partial charge >= 0.3 is 0 Å². The molecule has 0 spiro atoms. The van der Waals surface area contributed by atoms with Gasteiger partial charge in [0, 0.05) is 20.6 Å². The van der Waals surface area contributed by atoms with Gasteiger partial charge in [-0.1, -0.05) is 18.2 Å². The van der Waals surface area contributed by atoms with Gasteiger partial charge in [0.2, 0.25) is 0 Å². The van der Waals surface area contributed by atoms with Crippen LogP contribution in [0.3, 0.4) is 0 Å². The molecule has 0 bridgehead atoms. The minimum absolute atomic E-state index is 0.151. The normalized spacial score (nSPS) is 18.3. The van der Waals surface area contributed by atoms with Crippen LogP contribution in [0.25, 0.3) is 0 Å². The van der Waals surface area contributed by atoms with Gasteiger partial charge < -0.3 is 4.74 Å².